The Kier molecular flexibility index (Phi) is 9.43. The van der Waals surface area contributed by atoms with Gasteiger partial charge in [0.2, 0.25) is 6.10 Å². The summed E-state index contributed by atoms with van der Waals surface area (Å²) >= 11 is 0. The van der Waals surface area contributed by atoms with Crippen LogP contribution in [0.1, 0.15) is 31.4 Å². The summed E-state index contributed by atoms with van der Waals surface area (Å²) in [5.41, 5.74) is -0.567. The summed E-state index contributed by atoms with van der Waals surface area (Å²) in [6, 6.07) is 12.6. The van der Waals surface area contributed by atoms with Gasteiger partial charge in [-0.3, -0.25) is 4.79 Å². The van der Waals surface area contributed by atoms with Crippen LogP contribution in [0.3, 0.4) is 0 Å². The van der Waals surface area contributed by atoms with Crippen LogP contribution in [-0.2, 0) is 32.1 Å². The zero-order valence-electron chi connectivity index (χ0n) is 19.0. The van der Waals surface area contributed by atoms with E-state index in [0.29, 0.717) is 11.1 Å². The number of hydrogen-bond acceptors (Lipinski definition) is 6. The Bertz CT molecular complexity index is 927. The molecule has 2 rings (SSSR count). The van der Waals surface area contributed by atoms with E-state index in [-0.39, 0.29) is 19.4 Å². The van der Waals surface area contributed by atoms with Gasteiger partial charge < -0.3 is 19.5 Å². The molecule has 2 atom stereocenters. The first kappa shape index (κ1) is 27.1. The first-order chi connectivity index (χ1) is 15.9. The summed E-state index contributed by atoms with van der Waals surface area (Å²) < 4.78 is 65.7. The van der Waals surface area contributed by atoms with Crippen molar-refractivity contribution in [3.8, 4) is 5.75 Å². The number of alkyl halides is 4. The van der Waals surface area contributed by atoms with E-state index in [1.54, 1.807) is 30.3 Å². The van der Waals surface area contributed by atoms with E-state index in [0.717, 1.165) is 12.1 Å². The minimum Gasteiger partial charge on any atom is -0.458 e. The number of benzene rings is 2. The molecule has 6 nitrogen and oxygen atoms in total. The van der Waals surface area contributed by atoms with Crippen molar-refractivity contribution in [1.82, 2.24) is 5.32 Å². The maximum Gasteiger partial charge on any atom is 0.573 e. The van der Waals surface area contributed by atoms with E-state index in [9.17, 15) is 27.2 Å². The third-order valence-electron chi connectivity index (χ3n) is 4.65. The second-order valence-electron chi connectivity index (χ2n) is 8.18. The summed E-state index contributed by atoms with van der Waals surface area (Å²) in [6.07, 6.45) is -6.60. The van der Waals surface area contributed by atoms with Gasteiger partial charge in [-0.25, -0.2) is 9.18 Å². The van der Waals surface area contributed by atoms with Crippen molar-refractivity contribution in [3.05, 3.63) is 65.7 Å². The van der Waals surface area contributed by atoms with E-state index in [1.807, 2.05) is 0 Å². The molecule has 10 heteroatoms. The SMILES string of the molecule is CN[C@@H](CC(C)(C)F)C(=O)O[C@@H](Cc1ccc(OC(F)(F)F)cc1)C(=O)OCc1ccccc1. The van der Waals surface area contributed by atoms with Crippen LogP contribution in [0.4, 0.5) is 17.6 Å². The number of carbonyl (C=O) groups is 2. The van der Waals surface area contributed by atoms with Gasteiger partial charge in [0.25, 0.3) is 0 Å². The highest BCUT2D eigenvalue weighted by molar-refractivity contribution is 5.82. The van der Waals surface area contributed by atoms with Crippen molar-refractivity contribution in [3.63, 3.8) is 0 Å². The zero-order valence-corrected chi connectivity index (χ0v) is 19.0. The lowest BCUT2D eigenvalue weighted by atomic mass is 10.0. The molecular formula is C24H27F4NO5. The van der Waals surface area contributed by atoms with Crippen LogP contribution in [0.25, 0.3) is 0 Å². The van der Waals surface area contributed by atoms with Crippen molar-refractivity contribution in [1.29, 1.82) is 0 Å². The maximum atomic E-state index is 14.1. The van der Waals surface area contributed by atoms with Gasteiger partial charge in [-0.2, -0.15) is 0 Å². The molecule has 2 aromatic carbocycles. The van der Waals surface area contributed by atoms with E-state index >= 15 is 0 Å². The predicted octanol–water partition coefficient (Wildman–Crippen LogP) is 4.51. The number of esters is 2. The number of hydrogen-bond donors (Lipinski definition) is 1. The van der Waals surface area contributed by atoms with Crippen LogP contribution in [0.2, 0.25) is 0 Å². The average molecular weight is 485 g/mol. The van der Waals surface area contributed by atoms with Crippen LogP contribution in [0, 0.1) is 0 Å². The lowest BCUT2D eigenvalue weighted by molar-refractivity contribution is -0.274. The number of nitrogens with one attached hydrogen (secondary N) is 1. The zero-order chi connectivity index (χ0) is 25.4. The highest BCUT2D eigenvalue weighted by atomic mass is 19.4. The van der Waals surface area contributed by atoms with Crippen LogP contribution >= 0.6 is 0 Å². The minimum atomic E-state index is -4.84. The molecule has 186 valence electrons. The fraction of sp³-hybridized carbons (Fsp3) is 0.417. The molecule has 0 saturated heterocycles. The Morgan fingerprint density at radius 2 is 1.53 bits per heavy atom. The molecule has 0 aromatic heterocycles. The molecule has 34 heavy (non-hydrogen) atoms. The van der Waals surface area contributed by atoms with Crippen LogP contribution < -0.4 is 10.1 Å². The van der Waals surface area contributed by atoms with Crippen molar-refractivity contribution in [2.24, 2.45) is 0 Å². The quantitative estimate of drug-likeness (QED) is 0.373. The highest BCUT2D eigenvalue weighted by Gasteiger charge is 2.33. The first-order valence-corrected chi connectivity index (χ1v) is 10.5. The molecule has 0 radical (unpaired) electrons. The maximum absolute atomic E-state index is 14.1. The van der Waals surface area contributed by atoms with Crippen LogP contribution in [-0.4, -0.2) is 43.2 Å². The van der Waals surface area contributed by atoms with E-state index < -0.39 is 41.9 Å². The second-order valence-corrected chi connectivity index (χ2v) is 8.18. The lowest BCUT2D eigenvalue weighted by Gasteiger charge is -2.24. The van der Waals surface area contributed by atoms with Gasteiger partial charge in [0.05, 0.1) is 0 Å². The van der Waals surface area contributed by atoms with Gasteiger partial charge in [-0.15, -0.1) is 13.2 Å². The summed E-state index contributed by atoms with van der Waals surface area (Å²) in [7, 11) is 1.46. The van der Waals surface area contributed by atoms with Gasteiger partial charge in [0.1, 0.15) is 24.1 Å². The van der Waals surface area contributed by atoms with Crippen LogP contribution in [0.5, 0.6) is 5.75 Å². The minimum absolute atomic E-state index is 0.0704. The summed E-state index contributed by atoms with van der Waals surface area (Å²) in [5, 5.41) is 2.66. The smallest absolute Gasteiger partial charge is 0.458 e. The van der Waals surface area contributed by atoms with E-state index in [4.69, 9.17) is 9.47 Å². The van der Waals surface area contributed by atoms with Gasteiger partial charge in [0, 0.05) is 12.8 Å². The molecule has 0 aliphatic heterocycles. The molecule has 0 aliphatic carbocycles. The standard InChI is InChI=1S/C24H27F4NO5/c1-23(2,25)14-19(29-3)21(30)33-20(22(31)32-15-17-7-5-4-6-8-17)13-16-9-11-18(12-10-16)34-24(26,27)28/h4-12,19-20,29H,13-15H2,1-3H3/t19-,20-/m0/s1. The predicted molar refractivity (Wildman–Crippen MR) is 116 cm³/mol. The van der Waals surface area contributed by atoms with Crippen molar-refractivity contribution < 1.29 is 41.4 Å². The Labute approximate surface area is 195 Å². The monoisotopic (exact) mass is 485 g/mol. The topological polar surface area (TPSA) is 73.9 Å². The van der Waals surface area contributed by atoms with Crippen molar-refractivity contribution >= 4 is 11.9 Å². The fourth-order valence-electron chi connectivity index (χ4n) is 3.05. The highest BCUT2D eigenvalue weighted by Crippen LogP contribution is 2.24. The largest absolute Gasteiger partial charge is 0.573 e. The average Bonchev–Trinajstić information content (AvgIpc) is 2.75. The Morgan fingerprint density at radius 3 is 2.06 bits per heavy atom. The third kappa shape index (κ3) is 9.78. The summed E-state index contributed by atoms with van der Waals surface area (Å²) in [4.78, 5) is 25.4. The summed E-state index contributed by atoms with van der Waals surface area (Å²) in [5.74, 6) is -2.13. The van der Waals surface area contributed by atoms with Gasteiger partial charge in [-0.05, 0) is 44.2 Å². The Balaban J connectivity index is 2.15. The number of carbonyl (C=O) groups excluding carboxylic acids is 2. The molecular weight excluding hydrogens is 458 g/mol. The first-order valence-electron chi connectivity index (χ1n) is 10.5. The van der Waals surface area contributed by atoms with E-state index in [1.165, 1.54) is 33.0 Å². The molecule has 0 saturated carbocycles. The molecule has 0 bridgehead atoms. The van der Waals surface area contributed by atoms with Gasteiger partial charge in [0.15, 0.2) is 0 Å². The van der Waals surface area contributed by atoms with Gasteiger partial charge in [-0.1, -0.05) is 42.5 Å². The van der Waals surface area contributed by atoms with Crippen LogP contribution in [0.15, 0.2) is 54.6 Å². The molecule has 1 N–H and O–H groups in total. The molecule has 0 fully saturated rings. The summed E-state index contributed by atoms with van der Waals surface area (Å²) in [6.45, 7) is 2.54. The van der Waals surface area contributed by atoms with Crippen molar-refractivity contribution in [2.45, 2.75) is 57.5 Å². The van der Waals surface area contributed by atoms with E-state index in [2.05, 4.69) is 10.1 Å². The van der Waals surface area contributed by atoms with Crippen molar-refractivity contribution in [2.75, 3.05) is 7.05 Å². The number of likely N-dealkylation sites (N-methyl/N-ethyl adjacent to an activating group) is 1. The molecule has 0 unspecified atom stereocenters. The number of rotatable bonds is 11. The Morgan fingerprint density at radius 1 is 0.912 bits per heavy atom. The normalized spacial score (nSPS) is 13.6. The molecule has 2 aromatic rings. The molecule has 0 amide bonds. The Hall–Kier alpha value is -3.14. The lowest BCUT2D eigenvalue weighted by Crippen LogP contribution is -2.43. The second kappa shape index (κ2) is 11.8. The molecule has 0 spiro atoms. The third-order valence-corrected chi connectivity index (χ3v) is 4.65. The fourth-order valence-corrected chi connectivity index (χ4v) is 3.05. The number of halogens is 4. The molecule has 0 aliphatic rings. The molecule has 0 heterocycles. The number of ether oxygens (including phenoxy) is 3. The van der Waals surface area contributed by atoms with Gasteiger partial charge >= 0.3 is 18.3 Å².